The van der Waals surface area contributed by atoms with Crippen LogP contribution >= 0.6 is 0 Å². The average Bonchev–Trinajstić information content (AvgIpc) is 1.90. The van der Waals surface area contributed by atoms with Crippen molar-refractivity contribution in [1.29, 1.82) is 0 Å². The first kappa shape index (κ1) is 8.08. The SMILES string of the molecule is CC=C(O)C(=CC)OC. The van der Waals surface area contributed by atoms with Crippen molar-refractivity contribution in [1.82, 2.24) is 0 Å². The number of hydrogen-bond donors (Lipinski definition) is 1. The van der Waals surface area contributed by atoms with Crippen LogP contribution in [0.3, 0.4) is 0 Å². The second-order valence-corrected chi connectivity index (χ2v) is 1.53. The van der Waals surface area contributed by atoms with Gasteiger partial charge in [-0.2, -0.15) is 0 Å². The largest absolute Gasteiger partial charge is 0.504 e. The van der Waals surface area contributed by atoms with E-state index >= 15 is 0 Å². The molecule has 0 aliphatic rings. The third kappa shape index (κ3) is 2.22. The highest BCUT2D eigenvalue weighted by Gasteiger charge is 1.96. The summed E-state index contributed by atoms with van der Waals surface area (Å²) in [5.41, 5.74) is 0. The predicted octanol–water partition coefficient (Wildman–Crippen LogP) is 2.00. The van der Waals surface area contributed by atoms with E-state index in [1.807, 2.05) is 0 Å². The van der Waals surface area contributed by atoms with Gasteiger partial charge in [0.2, 0.25) is 0 Å². The van der Waals surface area contributed by atoms with Gasteiger partial charge in [-0.05, 0) is 26.0 Å². The van der Waals surface area contributed by atoms with E-state index in [4.69, 9.17) is 9.84 Å². The summed E-state index contributed by atoms with van der Waals surface area (Å²) in [5.74, 6) is 0.692. The van der Waals surface area contributed by atoms with Crippen LogP contribution in [0.5, 0.6) is 0 Å². The molecule has 0 aromatic carbocycles. The second kappa shape index (κ2) is 4.01. The van der Waals surface area contributed by atoms with Gasteiger partial charge in [0.1, 0.15) is 0 Å². The summed E-state index contributed by atoms with van der Waals surface area (Å²) in [5, 5.41) is 8.99. The number of aliphatic hydroxyl groups excluding tert-OH is 1. The van der Waals surface area contributed by atoms with Gasteiger partial charge in [-0.3, -0.25) is 0 Å². The minimum Gasteiger partial charge on any atom is -0.504 e. The van der Waals surface area contributed by atoms with Gasteiger partial charge < -0.3 is 9.84 Å². The number of methoxy groups -OCH3 is 1. The first-order valence-electron chi connectivity index (χ1n) is 2.82. The van der Waals surface area contributed by atoms with Crippen molar-refractivity contribution in [2.45, 2.75) is 13.8 Å². The summed E-state index contributed by atoms with van der Waals surface area (Å²) in [7, 11) is 1.52. The molecular weight excluding hydrogens is 116 g/mol. The Morgan fingerprint density at radius 3 is 2.00 bits per heavy atom. The fourth-order valence-electron chi connectivity index (χ4n) is 0.513. The second-order valence-electron chi connectivity index (χ2n) is 1.53. The van der Waals surface area contributed by atoms with Crippen LogP contribution in [0, 0.1) is 0 Å². The van der Waals surface area contributed by atoms with Gasteiger partial charge in [-0.15, -0.1) is 0 Å². The van der Waals surface area contributed by atoms with E-state index in [1.54, 1.807) is 26.0 Å². The molecule has 0 radical (unpaired) electrons. The Morgan fingerprint density at radius 1 is 1.33 bits per heavy atom. The average molecular weight is 128 g/mol. The highest BCUT2D eigenvalue weighted by molar-refractivity contribution is 5.16. The molecule has 9 heavy (non-hydrogen) atoms. The van der Waals surface area contributed by atoms with Gasteiger partial charge in [0.25, 0.3) is 0 Å². The lowest BCUT2D eigenvalue weighted by Gasteiger charge is -2.01. The lowest BCUT2D eigenvalue weighted by molar-refractivity contribution is 0.255. The van der Waals surface area contributed by atoms with Crippen LogP contribution in [-0.2, 0) is 4.74 Å². The van der Waals surface area contributed by atoms with Crippen molar-refractivity contribution in [2.75, 3.05) is 7.11 Å². The molecule has 0 amide bonds. The van der Waals surface area contributed by atoms with Gasteiger partial charge in [-0.1, -0.05) is 0 Å². The lowest BCUT2D eigenvalue weighted by Crippen LogP contribution is -1.89. The molecule has 52 valence electrons. The molecule has 0 bridgehead atoms. The summed E-state index contributed by atoms with van der Waals surface area (Å²) in [4.78, 5) is 0. The molecule has 0 atom stereocenters. The smallest absolute Gasteiger partial charge is 0.155 e. The number of rotatable bonds is 2. The first-order chi connectivity index (χ1) is 4.26. The molecule has 0 aromatic heterocycles. The Bertz CT molecular complexity index is 134. The van der Waals surface area contributed by atoms with Crippen LogP contribution in [0.25, 0.3) is 0 Å². The third-order valence-corrected chi connectivity index (χ3v) is 1.01. The zero-order valence-corrected chi connectivity index (χ0v) is 6.01. The molecule has 2 nitrogen and oxygen atoms in total. The molecular formula is C7H12O2. The van der Waals surface area contributed by atoms with Crippen LogP contribution in [0.1, 0.15) is 13.8 Å². The number of allylic oxidation sites excluding steroid dienone is 2. The molecule has 0 fully saturated rings. The van der Waals surface area contributed by atoms with E-state index in [-0.39, 0.29) is 5.76 Å². The quantitative estimate of drug-likeness (QED) is 0.455. The van der Waals surface area contributed by atoms with Crippen LogP contribution in [0.15, 0.2) is 23.7 Å². The van der Waals surface area contributed by atoms with E-state index in [2.05, 4.69) is 0 Å². The van der Waals surface area contributed by atoms with Crippen LogP contribution in [0.4, 0.5) is 0 Å². The summed E-state index contributed by atoms with van der Waals surface area (Å²) >= 11 is 0. The molecule has 0 unspecified atom stereocenters. The standard InChI is InChI=1S/C7H12O2/c1-4-6(8)7(5-2)9-3/h4-5,8H,1-3H3. The van der Waals surface area contributed by atoms with E-state index in [0.29, 0.717) is 5.76 Å². The monoisotopic (exact) mass is 128 g/mol. The molecule has 0 aromatic rings. The normalized spacial score (nSPS) is 13.7. The van der Waals surface area contributed by atoms with E-state index in [0.717, 1.165) is 0 Å². The van der Waals surface area contributed by atoms with E-state index in [9.17, 15) is 0 Å². The molecule has 0 spiro atoms. The minimum atomic E-state index is 0.181. The summed E-state index contributed by atoms with van der Waals surface area (Å²) in [6.45, 7) is 3.55. The van der Waals surface area contributed by atoms with E-state index in [1.165, 1.54) is 7.11 Å². The molecule has 0 heterocycles. The van der Waals surface area contributed by atoms with Gasteiger partial charge in [0.05, 0.1) is 7.11 Å². The van der Waals surface area contributed by atoms with Crippen LogP contribution in [0.2, 0.25) is 0 Å². The molecule has 0 saturated carbocycles. The van der Waals surface area contributed by atoms with Gasteiger partial charge >= 0.3 is 0 Å². The molecule has 0 aliphatic carbocycles. The minimum absolute atomic E-state index is 0.181. The Morgan fingerprint density at radius 2 is 1.89 bits per heavy atom. The third-order valence-electron chi connectivity index (χ3n) is 1.01. The predicted molar refractivity (Wildman–Crippen MR) is 37.2 cm³/mol. The molecule has 0 saturated heterocycles. The summed E-state index contributed by atoms with van der Waals surface area (Å²) in [6, 6.07) is 0. The van der Waals surface area contributed by atoms with Crippen molar-refractivity contribution >= 4 is 0 Å². The topological polar surface area (TPSA) is 29.5 Å². The van der Waals surface area contributed by atoms with Crippen molar-refractivity contribution in [3.63, 3.8) is 0 Å². The van der Waals surface area contributed by atoms with Crippen molar-refractivity contribution < 1.29 is 9.84 Å². The Labute approximate surface area is 55.5 Å². The fraction of sp³-hybridized carbons (Fsp3) is 0.429. The highest BCUT2D eigenvalue weighted by Crippen LogP contribution is 2.05. The first-order valence-corrected chi connectivity index (χ1v) is 2.82. The lowest BCUT2D eigenvalue weighted by atomic mass is 10.4. The van der Waals surface area contributed by atoms with Crippen molar-refractivity contribution in [3.05, 3.63) is 23.7 Å². The highest BCUT2D eigenvalue weighted by atomic mass is 16.5. The maximum atomic E-state index is 8.99. The maximum absolute atomic E-state index is 8.99. The van der Waals surface area contributed by atoms with Gasteiger partial charge in [0.15, 0.2) is 11.5 Å². The van der Waals surface area contributed by atoms with Crippen molar-refractivity contribution in [2.24, 2.45) is 0 Å². The summed E-state index contributed by atoms with van der Waals surface area (Å²) in [6.07, 6.45) is 3.29. The van der Waals surface area contributed by atoms with Crippen molar-refractivity contribution in [3.8, 4) is 0 Å². The number of aliphatic hydroxyl groups is 1. The zero-order chi connectivity index (χ0) is 7.28. The van der Waals surface area contributed by atoms with Gasteiger partial charge in [0, 0.05) is 0 Å². The molecule has 2 heteroatoms. The molecule has 0 rings (SSSR count). The van der Waals surface area contributed by atoms with Crippen LogP contribution in [-0.4, -0.2) is 12.2 Å². The fourth-order valence-corrected chi connectivity index (χ4v) is 0.513. The molecule has 1 N–H and O–H groups in total. The number of ether oxygens (including phenoxy) is 1. The maximum Gasteiger partial charge on any atom is 0.155 e. The Hall–Kier alpha value is -0.920. The molecule has 0 aliphatic heterocycles. The number of hydrogen-bond acceptors (Lipinski definition) is 2. The Kier molecular flexibility index (Phi) is 3.60. The summed E-state index contributed by atoms with van der Waals surface area (Å²) < 4.78 is 4.79. The zero-order valence-electron chi connectivity index (χ0n) is 6.01. The van der Waals surface area contributed by atoms with E-state index < -0.39 is 0 Å². The Balaban J connectivity index is 4.14. The van der Waals surface area contributed by atoms with Crippen LogP contribution < -0.4 is 0 Å². The van der Waals surface area contributed by atoms with Gasteiger partial charge in [-0.25, -0.2) is 0 Å².